The minimum absolute atomic E-state index is 0.0716. The molecule has 4 heteroatoms. The Kier molecular flexibility index (Phi) is 3.87. The minimum Gasteiger partial charge on any atom is -0.477 e. The van der Waals surface area contributed by atoms with E-state index >= 15 is 0 Å². The van der Waals surface area contributed by atoms with Crippen molar-refractivity contribution in [2.75, 3.05) is 18.5 Å². The summed E-state index contributed by atoms with van der Waals surface area (Å²) < 4.78 is 5.61. The number of anilines is 1. The number of carbonyl (C=O) groups excluding carboxylic acids is 1. The van der Waals surface area contributed by atoms with Crippen molar-refractivity contribution in [1.82, 2.24) is 0 Å². The number of amides is 1. The first-order chi connectivity index (χ1) is 8.67. The molecular weight excluding hydrogens is 228 g/mol. The summed E-state index contributed by atoms with van der Waals surface area (Å²) in [5.41, 5.74) is 7.62. The Balaban J connectivity index is 2.27. The number of likely N-dealkylation sites (N-methyl/N-ethyl adjacent to an activating group) is 1. The molecule has 0 spiro atoms. The van der Waals surface area contributed by atoms with E-state index in [0.717, 1.165) is 30.7 Å². The van der Waals surface area contributed by atoms with E-state index in [1.165, 1.54) is 5.56 Å². The van der Waals surface area contributed by atoms with Crippen LogP contribution in [0.4, 0.5) is 5.69 Å². The number of hydrogen-bond acceptors (Lipinski definition) is 3. The van der Waals surface area contributed by atoms with Crippen LogP contribution in [-0.2, 0) is 11.2 Å². The summed E-state index contributed by atoms with van der Waals surface area (Å²) in [6.45, 7) is 2.38. The van der Waals surface area contributed by atoms with Crippen molar-refractivity contribution >= 4 is 11.6 Å². The molecule has 0 fully saturated rings. The normalized spacial score (nSPS) is 18.5. The maximum atomic E-state index is 12.0. The number of nitrogens with zero attached hydrogens (tertiary/aromatic N) is 1. The van der Waals surface area contributed by atoms with Gasteiger partial charge in [-0.1, -0.05) is 19.4 Å². The topological polar surface area (TPSA) is 55.6 Å². The van der Waals surface area contributed by atoms with E-state index in [1.807, 2.05) is 12.1 Å². The molecule has 1 aliphatic rings. The predicted molar refractivity (Wildman–Crippen MR) is 71.9 cm³/mol. The first-order valence-corrected chi connectivity index (χ1v) is 6.44. The highest BCUT2D eigenvalue weighted by Crippen LogP contribution is 2.34. The molecule has 0 bridgehead atoms. The van der Waals surface area contributed by atoms with Crippen molar-refractivity contribution in [3.63, 3.8) is 0 Å². The molecule has 18 heavy (non-hydrogen) atoms. The van der Waals surface area contributed by atoms with Crippen LogP contribution in [0.3, 0.4) is 0 Å². The fourth-order valence-corrected chi connectivity index (χ4v) is 2.15. The smallest absolute Gasteiger partial charge is 0.269 e. The van der Waals surface area contributed by atoms with Gasteiger partial charge in [0, 0.05) is 13.6 Å². The van der Waals surface area contributed by atoms with E-state index in [0.29, 0.717) is 0 Å². The van der Waals surface area contributed by atoms with Crippen molar-refractivity contribution in [3.8, 4) is 5.75 Å². The standard InChI is InChI=1S/C14H20N2O2/c1-3-4-5-10-6-7-12-11(8-10)16(2)14(17)13(9-15)18-12/h6-8,13H,3-5,9,15H2,1-2H3. The molecule has 0 aromatic heterocycles. The van der Waals surface area contributed by atoms with Crippen LogP contribution >= 0.6 is 0 Å². The van der Waals surface area contributed by atoms with Crippen molar-refractivity contribution in [2.24, 2.45) is 5.73 Å². The maximum absolute atomic E-state index is 12.0. The molecule has 0 aliphatic carbocycles. The van der Waals surface area contributed by atoms with Gasteiger partial charge in [0.05, 0.1) is 5.69 Å². The zero-order chi connectivity index (χ0) is 13.1. The third kappa shape index (κ3) is 2.34. The lowest BCUT2D eigenvalue weighted by atomic mass is 10.1. The van der Waals surface area contributed by atoms with Crippen LogP contribution in [0.15, 0.2) is 18.2 Å². The van der Waals surface area contributed by atoms with Crippen molar-refractivity contribution in [2.45, 2.75) is 32.3 Å². The number of rotatable bonds is 4. The molecule has 1 heterocycles. The highest BCUT2D eigenvalue weighted by molar-refractivity contribution is 5.99. The summed E-state index contributed by atoms with van der Waals surface area (Å²) in [6.07, 6.45) is 2.80. The Hall–Kier alpha value is -1.55. The van der Waals surface area contributed by atoms with Crippen LogP contribution in [0.5, 0.6) is 5.75 Å². The second kappa shape index (κ2) is 5.40. The largest absolute Gasteiger partial charge is 0.477 e. The number of nitrogens with two attached hydrogens (primary N) is 1. The molecule has 1 atom stereocenters. The van der Waals surface area contributed by atoms with Gasteiger partial charge < -0.3 is 15.4 Å². The molecule has 1 aliphatic heterocycles. The van der Waals surface area contributed by atoms with Crippen LogP contribution in [0.25, 0.3) is 0 Å². The van der Waals surface area contributed by atoms with Crippen LogP contribution in [-0.4, -0.2) is 25.6 Å². The minimum atomic E-state index is -0.552. The average Bonchev–Trinajstić information content (AvgIpc) is 2.40. The quantitative estimate of drug-likeness (QED) is 0.882. The maximum Gasteiger partial charge on any atom is 0.269 e. The summed E-state index contributed by atoms with van der Waals surface area (Å²) in [4.78, 5) is 13.6. The zero-order valence-electron chi connectivity index (χ0n) is 11.0. The molecule has 0 saturated carbocycles. The van der Waals surface area contributed by atoms with Crippen LogP contribution in [0.2, 0.25) is 0 Å². The monoisotopic (exact) mass is 248 g/mol. The lowest BCUT2D eigenvalue weighted by molar-refractivity contribution is -0.125. The van der Waals surface area contributed by atoms with Gasteiger partial charge >= 0.3 is 0 Å². The van der Waals surface area contributed by atoms with Gasteiger partial charge in [0.25, 0.3) is 5.91 Å². The fourth-order valence-electron chi connectivity index (χ4n) is 2.15. The fraction of sp³-hybridized carbons (Fsp3) is 0.500. The van der Waals surface area contributed by atoms with Gasteiger partial charge in [-0.3, -0.25) is 4.79 Å². The Morgan fingerprint density at radius 1 is 1.44 bits per heavy atom. The summed E-state index contributed by atoms with van der Waals surface area (Å²) in [5, 5.41) is 0. The van der Waals surface area contributed by atoms with Gasteiger partial charge in [-0.05, 0) is 30.5 Å². The second-order valence-electron chi connectivity index (χ2n) is 4.65. The number of benzene rings is 1. The molecule has 0 saturated heterocycles. The Morgan fingerprint density at radius 3 is 2.89 bits per heavy atom. The van der Waals surface area contributed by atoms with E-state index in [1.54, 1.807) is 11.9 Å². The summed E-state index contributed by atoms with van der Waals surface area (Å²) >= 11 is 0. The third-order valence-electron chi connectivity index (χ3n) is 3.29. The molecule has 4 nitrogen and oxygen atoms in total. The van der Waals surface area contributed by atoms with Gasteiger partial charge in [0.2, 0.25) is 0 Å². The number of unbranched alkanes of at least 4 members (excludes halogenated alkanes) is 1. The number of hydrogen-bond donors (Lipinski definition) is 1. The Bertz CT molecular complexity index is 445. The van der Waals surface area contributed by atoms with Crippen molar-refractivity contribution in [3.05, 3.63) is 23.8 Å². The SMILES string of the molecule is CCCCc1ccc2c(c1)N(C)C(=O)C(CN)O2. The molecule has 1 aromatic carbocycles. The summed E-state index contributed by atoms with van der Waals surface area (Å²) in [5.74, 6) is 0.672. The zero-order valence-corrected chi connectivity index (χ0v) is 11.0. The van der Waals surface area contributed by atoms with Gasteiger partial charge in [-0.25, -0.2) is 0 Å². The highest BCUT2D eigenvalue weighted by Gasteiger charge is 2.31. The van der Waals surface area contributed by atoms with Gasteiger partial charge in [0.15, 0.2) is 6.10 Å². The second-order valence-corrected chi connectivity index (χ2v) is 4.65. The molecular formula is C14H20N2O2. The molecule has 98 valence electrons. The summed E-state index contributed by atoms with van der Waals surface area (Å²) in [6, 6.07) is 6.03. The first-order valence-electron chi connectivity index (χ1n) is 6.44. The lowest BCUT2D eigenvalue weighted by Crippen LogP contribution is -2.47. The van der Waals surface area contributed by atoms with E-state index < -0.39 is 6.10 Å². The van der Waals surface area contributed by atoms with Gasteiger partial charge in [-0.2, -0.15) is 0 Å². The lowest BCUT2D eigenvalue weighted by Gasteiger charge is -2.31. The third-order valence-corrected chi connectivity index (χ3v) is 3.29. The molecule has 2 rings (SSSR count). The predicted octanol–water partition coefficient (Wildman–Crippen LogP) is 1.71. The number of ether oxygens (including phenoxy) is 1. The molecule has 2 N–H and O–H groups in total. The van der Waals surface area contributed by atoms with Crippen LogP contribution in [0.1, 0.15) is 25.3 Å². The Morgan fingerprint density at radius 2 is 2.22 bits per heavy atom. The van der Waals surface area contributed by atoms with Gasteiger partial charge in [0.1, 0.15) is 5.75 Å². The number of aryl methyl sites for hydroxylation is 1. The van der Waals surface area contributed by atoms with Crippen LogP contribution < -0.4 is 15.4 Å². The van der Waals surface area contributed by atoms with Crippen LogP contribution in [0, 0.1) is 0 Å². The van der Waals surface area contributed by atoms with E-state index in [2.05, 4.69) is 13.0 Å². The average molecular weight is 248 g/mol. The van der Waals surface area contributed by atoms with Crippen molar-refractivity contribution < 1.29 is 9.53 Å². The highest BCUT2D eigenvalue weighted by atomic mass is 16.5. The molecule has 0 radical (unpaired) electrons. The molecule has 1 amide bonds. The summed E-state index contributed by atoms with van der Waals surface area (Å²) in [7, 11) is 1.77. The van der Waals surface area contributed by atoms with Gasteiger partial charge in [-0.15, -0.1) is 0 Å². The molecule has 1 unspecified atom stereocenters. The number of carbonyl (C=O) groups is 1. The Labute approximate surface area is 108 Å². The first kappa shape index (κ1) is 12.9. The van der Waals surface area contributed by atoms with E-state index in [-0.39, 0.29) is 12.5 Å². The number of fused-ring (bicyclic) bond motifs is 1. The molecule has 1 aromatic rings. The van der Waals surface area contributed by atoms with E-state index in [4.69, 9.17) is 10.5 Å². The van der Waals surface area contributed by atoms with E-state index in [9.17, 15) is 4.79 Å². The van der Waals surface area contributed by atoms with Crippen molar-refractivity contribution in [1.29, 1.82) is 0 Å².